The SMILES string of the molecule is CN(C(=O)C1CCC(N2C(=O)c3ccccc3C2=O)CC1)C(c1ccc(Br)cc1)C(F)(F)F. The van der Waals surface area contributed by atoms with Crippen LogP contribution in [0.5, 0.6) is 0 Å². The van der Waals surface area contributed by atoms with Gasteiger partial charge in [-0.15, -0.1) is 0 Å². The minimum Gasteiger partial charge on any atom is -0.330 e. The Labute approximate surface area is 197 Å². The number of alkyl halides is 3. The van der Waals surface area contributed by atoms with Crippen LogP contribution in [0.2, 0.25) is 0 Å². The van der Waals surface area contributed by atoms with Crippen molar-refractivity contribution in [3.05, 3.63) is 69.7 Å². The molecule has 0 N–H and O–H groups in total. The Morgan fingerprint density at radius 3 is 1.97 bits per heavy atom. The Hall–Kier alpha value is -2.68. The van der Waals surface area contributed by atoms with Crippen LogP contribution in [-0.4, -0.2) is 46.8 Å². The molecule has 0 saturated heterocycles. The number of hydrogen-bond acceptors (Lipinski definition) is 3. The van der Waals surface area contributed by atoms with Crippen LogP contribution in [-0.2, 0) is 4.79 Å². The second-order valence-corrected chi connectivity index (χ2v) is 9.39. The normalized spacial score (nSPS) is 21.7. The van der Waals surface area contributed by atoms with E-state index in [4.69, 9.17) is 0 Å². The summed E-state index contributed by atoms with van der Waals surface area (Å²) >= 11 is 3.21. The minimum absolute atomic E-state index is 0.0127. The summed E-state index contributed by atoms with van der Waals surface area (Å²) in [4.78, 5) is 40.5. The molecule has 1 atom stereocenters. The molecule has 5 nitrogen and oxygen atoms in total. The van der Waals surface area contributed by atoms with Gasteiger partial charge in [0.1, 0.15) is 0 Å². The van der Waals surface area contributed by atoms with Gasteiger partial charge in [-0.25, -0.2) is 0 Å². The Morgan fingerprint density at radius 2 is 1.48 bits per heavy atom. The maximum atomic E-state index is 13.9. The van der Waals surface area contributed by atoms with Crippen molar-refractivity contribution in [1.29, 1.82) is 0 Å². The summed E-state index contributed by atoms with van der Waals surface area (Å²) in [5, 5.41) is 0. The van der Waals surface area contributed by atoms with E-state index in [2.05, 4.69) is 15.9 Å². The molecule has 3 amide bonds. The number of amides is 3. The smallest absolute Gasteiger partial charge is 0.330 e. The maximum Gasteiger partial charge on any atom is 0.413 e. The van der Waals surface area contributed by atoms with E-state index in [1.807, 2.05) is 0 Å². The van der Waals surface area contributed by atoms with Gasteiger partial charge in [0, 0.05) is 23.5 Å². The molecule has 174 valence electrons. The fourth-order valence-electron chi connectivity index (χ4n) is 4.81. The van der Waals surface area contributed by atoms with Gasteiger partial charge in [0.25, 0.3) is 11.8 Å². The number of carbonyl (C=O) groups excluding carboxylic acids is 3. The molecule has 1 heterocycles. The highest BCUT2D eigenvalue weighted by atomic mass is 79.9. The van der Waals surface area contributed by atoms with E-state index in [0.717, 1.165) is 4.90 Å². The second-order valence-electron chi connectivity index (χ2n) is 8.48. The zero-order valence-corrected chi connectivity index (χ0v) is 19.4. The van der Waals surface area contributed by atoms with Gasteiger partial charge in [-0.05, 0) is 55.5 Å². The van der Waals surface area contributed by atoms with E-state index in [1.54, 1.807) is 24.3 Å². The van der Waals surface area contributed by atoms with Gasteiger partial charge in [-0.2, -0.15) is 13.2 Å². The highest BCUT2D eigenvalue weighted by Gasteiger charge is 2.47. The first-order valence-electron chi connectivity index (χ1n) is 10.7. The van der Waals surface area contributed by atoms with Crippen molar-refractivity contribution in [2.45, 2.75) is 43.9 Å². The van der Waals surface area contributed by atoms with Gasteiger partial charge < -0.3 is 4.90 Å². The molecular formula is C24H22BrF3N2O3. The Balaban J connectivity index is 1.45. The summed E-state index contributed by atoms with van der Waals surface area (Å²) in [6.07, 6.45) is -3.25. The second kappa shape index (κ2) is 8.93. The lowest BCUT2D eigenvalue weighted by Gasteiger charge is -2.37. The highest BCUT2D eigenvalue weighted by molar-refractivity contribution is 9.10. The number of nitrogens with zero attached hydrogens (tertiary/aromatic N) is 2. The summed E-state index contributed by atoms with van der Waals surface area (Å²) in [5.41, 5.74) is 0.715. The molecular weight excluding hydrogens is 501 g/mol. The van der Waals surface area contributed by atoms with Crippen LogP contribution in [0.15, 0.2) is 53.0 Å². The molecule has 2 aromatic rings. The highest BCUT2D eigenvalue weighted by Crippen LogP contribution is 2.40. The molecule has 1 fully saturated rings. The summed E-state index contributed by atoms with van der Waals surface area (Å²) in [6.45, 7) is 0. The molecule has 0 bridgehead atoms. The predicted octanol–water partition coefficient (Wildman–Crippen LogP) is 5.37. The molecule has 1 unspecified atom stereocenters. The molecule has 0 spiro atoms. The number of benzene rings is 2. The third kappa shape index (κ3) is 4.43. The fourth-order valence-corrected chi connectivity index (χ4v) is 5.08. The van der Waals surface area contributed by atoms with Crippen LogP contribution in [0, 0.1) is 5.92 Å². The number of carbonyl (C=O) groups is 3. The van der Waals surface area contributed by atoms with Gasteiger partial charge >= 0.3 is 6.18 Å². The number of fused-ring (bicyclic) bond motifs is 1. The lowest BCUT2D eigenvalue weighted by atomic mass is 9.84. The lowest BCUT2D eigenvalue weighted by molar-refractivity contribution is -0.191. The monoisotopic (exact) mass is 522 g/mol. The van der Waals surface area contributed by atoms with Crippen molar-refractivity contribution in [3.8, 4) is 0 Å². The van der Waals surface area contributed by atoms with Crippen LogP contribution < -0.4 is 0 Å². The molecule has 1 saturated carbocycles. The standard InChI is InChI=1S/C24H22BrF3N2O3/c1-29(20(24(26,27)28)14-6-10-16(25)11-7-14)21(31)15-8-12-17(13-9-15)30-22(32)18-4-2-3-5-19(18)23(30)33/h2-7,10-11,15,17,20H,8-9,12-13H2,1H3. The Bertz CT molecular complexity index is 1040. The van der Waals surface area contributed by atoms with E-state index in [0.29, 0.717) is 41.3 Å². The summed E-state index contributed by atoms with van der Waals surface area (Å²) in [7, 11) is 1.18. The third-order valence-corrected chi connectivity index (χ3v) is 7.00. The first-order valence-corrected chi connectivity index (χ1v) is 11.4. The largest absolute Gasteiger partial charge is 0.413 e. The number of hydrogen-bond donors (Lipinski definition) is 0. The molecule has 9 heteroatoms. The summed E-state index contributed by atoms with van der Waals surface area (Å²) < 4.78 is 42.3. The van der Waals surface area contributed by atoms with Gasteiger partial charge in [0.15, 0.2) is 6.04 Å². The average Bonchev–Trinajstić information content (AvgIpc) is 3.04. The predicted molar refractivity (Wildman–Crippen MR) is 118 cm³/mol. The van der Waals surface area contributed by atoms with Gasteiger partial charge in [-0.1, -0.05) is 40.2 Å². The van der Waals surface area contributed by atoms with Crippen molar-refractivity contribution >= 4 is 33.7 Å². The average molecular weight is 523 g/mol. The lowest BCUT2D eigenvalue weighted by Crippen LogP contribution is -2.46. The van der Waals surface area contributed by atoms with Crippen molar-refractivity contribution in [3.63, 3.8) is 0 Å². The van der Waals surface area contributed by atoms with E-state index in [-0.39, 0.29) is 23.4 Å². The van der Waals surface area contributed by atoms with Crippen LogP contribution in [0.1, 0.15) is 58.0 Å². The van der Waals surface area contributed by atoms with Crippen LogP contribution in [0.4, 0.5) is 13.2 Å². The van der Waals surface area contributed by atoms with Crippen molar-refractivity contribution in [1.82, 2.24) is 9.80 Å². The number of imide groups is 1. The summed E-state index contributed by atoms with van der Waals surface area (Å²) in [6, 6.07) is 9.93. The van der Waals surface area contributed by atoms with E-state index >= 15 is 0 Å². The van der Waals surface area contributed by atoms with Crippen LogP contribution >= 0.6 is 15.9 Å². The zero-order valence-electron chi connectivity index (χ0n) is 17.8. The van der Waals surface area contributed by atoms with Crippen molar-refractivity contribution in [2.75, 3.05) is 7.05 Å². The third-order valence-electron chi connectivity index (χ3n) is 6.47. The van der Waals surface area contributed by atoms with Crippen molar-refractivity contribution in [2.24, 2.45) is 5.92 Å². The summed E-state index contributed by atoms with van der Waals surface area (Å²) in [5.74, 6) is -1.88. The zero-order chi connectivity index (χ0) is 23.9. The topological polar surface area (TPSA) is 57.7 Å². The first kappa shape index (κ1) is 23.5. The first-order chi connectivity index (χ1) is 15.6. The van der Waals surface area contributed by atoms with E-state index < -0.39 is 24.0 Å². The maximum absolute atomic E-state index is 13.9. The van der Waals surface area contributed by atoms with E-state index in [9.17, 15) is 27.6 Å². The quantitative estimate of drug-likeness (QED) is 0.507. The molecule has 2 aliphatic rings. The molecule has 0 aromatic heterocycles. The van der Waals surface area contributed by atoms with Gasteiger partial charge in [-0.3, -0.25) is 19.3 Å². The minimum atomic E-state index is -4.63. The Morgan fingerprint density at radius 1 is 0.970 bits per heavy atom. The fraction of sp³-hybridized carbons (Fsp3) is 0.375. The Kier molecular flexibility index (Phi) is 6.35. The van der Waals surface area contributed by atoms with Crippen molar-refractivity contribution < 1.29 is 27.6 Å². The molecule has 4 rings (SSSR count). The van der Waals surface area contributed by atoms with Gasteiger partial charge in [0.2, 0.25) is 5.91 Å². The number of rotatable bonds is 4. The molecule has 2 aromatic carbocycles. The molecule has 1 aliphatic carbocycles. The molecule has 0 radical (unpaired) electrons. The van der Waals surface area contributed by atoms with Crippen LogP contribution in [0.3, 0.4) is 0 Å². The molecule has 33 heavy (non-hydrogen) atoms. The van der Waals surface area contributed by atoms with Gasteiger partial charge in [0.05, 0.1) is 11.1 Å². The van der Waals surface area contributed by atoms with E-state index in [1.165, 1.54) is 36.2 Å². The number of halogens is 4. The van der Waals surface area contributed by atoms with Crippen LogP contribution in [0.25, 0.3) is 0 Å². The molecule has 1 aliphatic heterocycles.